The summed E-state index contributed by atoms with van der Waals surface area (Å²) in [6.45, 7) is 3.84. The van der Waals surface area contributed by atoms with Gasteiger partial charge in [0.1, 0.15) is 5.60 Å². The molecule has 1 unspecified atom stereocenters. The molecular formula is C17H19NO2. The highest BCUT2D eigenvalue weighted by Crippen LogP contribution is 2.19. The molecule has 2 aromatic rings. The van der Waals surface area contributed by atoms with Gasteiger partial charge in [0.05, 0.1) is 6.54 Å². The van der Waals surface area contributed by atoms with Crippen LogP contribution in [0, 0.1) is 6.92 Å². The normalized spacial score (nSPS) is 13.6. The minimum Gasteiger partial charge on any atom is -0.384 e. The minimum absolute atomic E-state index is 0.170. The molecule has 0 saturated carbocycles. The Morgan fingerprint density at radius 1 is 1.10 bits per heavy atom. The Balaban J connectivity index is 2.01. The number of rotatable bonds is 4. The first-order valence-electron chi connectivity index (χ1n) is 6.62. The van der Waals surface area contributed by atoms with Gasteiger partial charge in [-0.3, -0.25) is 4.79 Å². The lowest BCUT2D eigenvalue weighted by atomic mass is 9.96. The van der Waals surface area contributed by atoms with Gasteiger partial charge in [-0.15, -0.1) is 0 Å². The first kappa shape index (κ1) is 14.3. The lowest BCUT2D eigenvalue weighted by Crippen LogP contribution is -2.38. The van der Waals surface area contributed by atoms with E-state index in [9.17, 15) is 9.90 Å². The summed E-state index contributed by atoms with van der Waals surface area (Å²) in [6.07, 6.45) is 0. The van der Waals surface area contributed by atoms with Gasteiger partial charge in [0.25, 0.3) is 5.91 Å². The molecule has 2 N–H and O–H groups in total. The quantitative estimate of drug-likeness (QED) is 0.896. The SMILES string of the molecule is Cc1ccc(C(=O)NCC(C)(O)c2ccccc2)cc1. The van der Waals surface area contributed by atoms with E-state index in [0.29, 0.717) is 5.56 Å². The highest BCUT2D eigenvalue weighted by atomic mass is 16.3. The largest absolute Gasteiger partial charge is 0.384 e. The number of carbonyl (C=O) groups is 1. The third kappa shape index (κ3) is 3.45. The van der Waals surface area contributed by atoms with E-state index < -0.39 is 5.60 Å². The van der Waals surface area contributed by atoms with Crippen LogP contribution in [0.25, 0.3) is 0 Å². The highest BCUT2D eigenvalue weighted by Gasteiger charge is 2.23. The third-order valence-electron chi connectivity index (χ3n) is 3.30. The summed E-state index contributed by atoms with van der Waals surface area (Å²) in [5, 5.41) is 13.2. The molecule has 0 bridgehead atoms. The fourth-order valence-electron chi connectivity index (χ4n) is 1.96. The molecule has 3 nitrogen and oxygen atoms in total. The molecule has 0 saturated heterocycles. The average molecular weight is 269 g/mol. The van der Waals surface area contributed by atoms with Crippen LogP contribution < -0.4 is 5.32 Å². The first-order chi connectivity index (χ1) is 9.49. The van der Waals surface area contributed by atoms with Gasteiger partial charge < -0.3 is 10.4 Å². The van der Waals surface area contributed by atoms with Gasteiger partial charge in [0.15, 0.2) is 0 Å². The number of aliphatic hydroxyl groups is 1. The van der Waals surface area contributed by atoms with Gasteiger partial charge in [-0.25, -0.2) is 0 Å². The van der Waals surface area contributed by atoms with Crippen LogP contribution in [0.2, 0.25) is 0 Å². The van der Waals surface area contributed by atoms with E-state index in [1.165, 1.54) is 0 Å². The van der Waals surface area contributed by atoms with Crippen molar-refractivity contribution in [1.29, 1.82) is 0 Å². The second-order valence-corrected chi connectivity index (χ2v) is 5.19. The van der Waals surface area contributed by atoms with E-state index in [2.05, 4.69) is 5.32 Å². The molecule has 3 heteroatoms. The van der Waals surface area contributed by atoms with Crippen molar-refractivity contribution in [2.75, 3.05) is 6.54 Å². The van der Waals surface area contributed by atoms with Crippen LogP contribution in [0.3, 0.4) is 0 Å². The van der Waals surface area contributed by atoms with Crippen molar-refractivity contribution in [3.05, 3.63) is 71.3 Å². The van der Waals surface area contributed by atoms with Crippen molar-refractivity contribution in [1.82, 2.24) is 5.32 Å². The predicted octanol–water partition coefficient (Wildman–Crippen LogP) is 2.63. The number of aryl methyl sites for hydroxylation is 1. The maximum atomic E-state index is 12.0. The molecule has 0 fully saturated rings. The number of carbonyl (C=O) groups excluding carboxylic acids is 1. The lowest BCUT2D eigenvalue weighted by molar-refractivity contribution is 0.0526. The monoisotopic (exact) mass is 269 g/mol. The van der Waals surface area contributed by atoms with E-state index >= 15 is 0 Å². The van der Waals surface area contributed by atoms with Crippen molar-refractivity contribution in [3.8, 4) is 0 Å². The molecule has 2 rings (SSSR count). The molecule has 0 aliphatic carbocycles. The summed E-state index contributed by atoms with van der Waals surface area (Å²) in [6, 6.07) is 16.7. The number of hydrogen-bond acceptors (Lipinski definition) is 2. The summed E-state index contributed by atoms with van der Waals surface area (Å²) in [7, 11) is 0. The summed E-state index contributed by atoms with van der Waals surface area (Å²) in [5.74, 6) is -0.179. The van der Waals surface area contributed by atoms with Crippen LogP contribution >= 0.6 is 0 Å². The third-order valence-corrected chi connectivity index (χ3v) is 3.30. The zero-order valence-electron chi connectivity index (χ0n) is 11.8. The zero-order valence-corrected chi connectivity index (χ0v) is 11.8. The van der Waals surface area contributed by atoms with Gasteiger partial charge in [-0.2, -0.15) is 0 Å². The average Bonchev–Trinajstić information content (AvgIpc) is 2.46. The fourth-order valence-corrected chi connectivity index (χ4v) is 1.96. The maximum absolute atomic E-state index is 12.0. The van der Waals surface area contributed by atoms with E-state index in [4.69, 9.17) is 0 Å². The van der Waals surface area contributed by atoms with E-state index in [0.717, 1.165) is 11.1 Å². The number of amides is 1. The molecule has 1 atom stereocenters. The Hall–Kier alpha value is -2.13. The van der Waals surface area contributed by atoms with E-state index in [-0.39, 0.29) is 12.5 Å². The number of hydrogen-bond donors (Lipinski definition) is 2. The highest BCUT2D eigenvalue weighted by molar-refractivity contribution is 5.94. The fraction of sp³-hybridized carbons (Fsp3) is 0.235. The zero-order chi connectivity index (χ0) is 14.6. The van der Waals surface area contributed by atoms with Crippen molar-refractivity contribution in [3.63, 3.8) is 0 Å². The molecule has 20 heavy (non-hydrogen) atoms. The van der Waals surface area contributed by atoms with Gasteiger partial charge in [-0.1, -0.05) is 48.0 Å². The molecule has 1 amide bonds. The second-order valence-electron chi connectivity index (χ2n) is 5.19. The molecule has 0 spiro atoms. The van der Waals surface area contributed by atoms with Gasteiger partial charge in [0, 0.05) is 5.56 Å². The Kier molecular flexibility index (Phi) is 4.20. The topological polar surface area (TPSA) is 49.3 Å². The van der Waals surface area contributed by atoms with Crippen LogP contribution in [-0.4, -0.2) is 17.6 Å². The molecule has 0 aliphatic heterocycles. The molecule has 0 aromatic heterocycles. The smallest absolute Gasteiger partial charge is 0.251 e. The van der Waals surface area contributed by atoms with Crippen molar-refractivity contribution in [2.45, 2.75) is 19.4 Å². The van der Waals surface area contributed by atoms with Crippen LogP contribution in [0.5, 0.6) is 0 Å². The van der Waals surface area contributed by atoms with Gasteiger partial charge in [0.2, 0.25) is 0 Å². The maximum Gasteiger partial charge on any atom is 0.251 e. The van der Waals surface area contributed by atoms with E-state index in [1.54, 1.807) is 19.1 Å². The predicted molar refractivity (Wildman–Crippen MR) is 79.5 cm³/mol. The molecule has 0 heterocycles. The summed E-state index contributed by atoms with van der Waals surface area (Å²) in [5.41, 5.74) is 1.41. The Bertz CT molecular complexity index is 574. The second kappa shape index (κ2) is 5.88. The summed E-state index contributed by atoms with van der Waals surface area (Å²) < 4.78 is 0. The van der Waals surface area contributed by atoms with Gasteiger partial charge >= 0.3 is 0 Å². The van der Waals surface area contributed by atoms with Gasteiger partial charge in [-0.05, 0) is 31.5 Å². The first-order valence-corrected chi connectivity index (χ1v) is 6.62. The minimum atomic E-state index is -1.08. The summed E-state index contributed by atoms with van der Waals surface area (Å²) >= 11 is 0. The molecule has 2 aromatic carbocycles. The van der Waals surface area contributed by atoms with E-state index in [1.807, 2.05) is 49.4 Å². The van der Waals surface area contributed by atoms with Crippen LogP contribution in [0.15, 0.2) is 54.6 Å². The number of nitrogens with one attached hydrogen (secondary N) is 1. The molecule has 0 aliphatic rings. The van der Waals surface area contributed by atoms with Crippen LogP contribution in [0.1, 0.15) is 28.4 Å². The Labute approximate surface area is 119 Å². The number of benzene rings is 2. The van der Waals surface area contributed by atoms with Crippen molar-refractivity contribution < 1.29 is 9.90 Å². The lowest BCUT2D eigenvalue weighted by Gasteiger charge is -2.24. The molecular weight excluding hydrogens is 250 g/mol. The molecule has 104 valence electrons. The van der Waals surface area contributed by atoms with Crippen molar-refractivity contribution in [2.24, 2.45) is 0 Å². The van der Waals surface area contributed by atoms with Crippen LogP contribution in [0.4, 0.5) is 0 Å². The van der Waals surface area contributed by atoms with Crippen molar-refractivity contribution >= 4 is 5.91 Å². The standard InChI is InChI=1S/C17H19NO2/c1-13-8-10-14(11-9-13)16(19)18-12-17(2,20)15-6-4-3-5-7-15/h3-11,20H,12H2,1-2H3,(H,18,19). The Morgan fingerprint density at radius 3 is 2.30 bits per heavy atom. The summed E-state index contributed by atoms with van der Waals surface area (Å²) in [4.78, 5) is 12.0. The Morgan fingerprint density at radius 2 is 1.70 bits per heavy atom. The van der Waals surface area contributed by atoms with Crippen LogP contribution in [-0.2, 0) is 5.60 Å². The molecule has 0 radical (unpaired) electrons.